The second-order valence-corrected chi connectivity index (χ2v) is 5.03. The molecule has 1 saturated heterocycles. The van der Waals surface area contributed by atoms with Gasteiger partial charge in [0.15, 0.2) is 0 Å². The van der Waals surface area contributed by atoms with Crippen molar-refractivity contribution in [2.45, 2.75) is 45.2 Å². The van der Waals surface area contributed by atoms with Crippen LogP contribution in [0.1, 0.15) is 33.1 Å². The molecule has 4 N–H and O–H groups in total. The molecule has 8 nitrogen and oxygen atoms in total. The molecule has 1 aliphatic heterocycles. The first-order valence-corrected chi connectivity index (χ1v) is 6.89. The molecule has 1 fully saturated rings. The van der Waals surface area contributed by atoms with Gasteiger partial charge in [-0.3, -0.25) is 19.2 Å². The topological polar surface area (TPSA) is 128 Å². The third-order valence-corrected chi connectivity index (χ3v) is 3.28. The largest absolute Gasteiger partial charge is 0.466 e. The van der Waals surface area contributed by atoms with Crippen LogP contribution >= 0.6 is 0 Å². The van der Waals surface area contributed by atoms with E-state index in [9.17, 15) is 19.2 Å². The highest BCUT2D eigenvalue weighted by atomic mass is 16.5. The molecule has 1 heterocycles. The van der Waals surface area contributed by atoms with Gasteiger partial charge in [0.05, 0.1) is 13.0 Å². The molecule has 118 valence electrons. The van der Waals surface area contributed by atoms with Crippen molar-refractivity contribution in [3.05, 3.63) is 0 Å². The second-order valence-electron chi connectivity index (χ2n) is 5.03. The van der Waals surface area contributed by atoms with E-state index in [1.165, 1.54) is 0 Å². The highest BCUT2D eigenvalue weighted by molar-refractivity contribution is 5.93. The molecule has 0 aromatic heterocycles. The van der Waals surface area contributed by atoms with Crippen LogP contribution in [0.2, 0.25) is 0 Å². The third kappa shape index (κ3) is 5.05. The monoisotopic (exact) mass is 299 g/mol. The molecule has 0 aliphatic carbocycles. The van der Waals surface area contributed by atoms with Crippen LogP contribution in [0.4, 0.5) is 0 Å². The Morgan fingerprint density at radius 2 is 2.14 bits per heavy atom. The van der Waals surface area contributed by atoms with E-state index >= 15 is 0 Å². The van der Waals surface area contributed by atoms with Crippen LogP contribution in [0.15, 0.2) is 0 Å². The average molecular weight is 299 g/mol. The van der Waals surface area contributed by atoms with Crippen LogP contribution in [0, 0.1) is 5.92 Å². The summed E-state index contributed by atoms with van der Waals surface area (Å²) < 4.78 is 4.80. The SMILES string of the molecule is CCOC(=O)C[C@H](C)[C@@H](NC(=O)[C@@H]1CCC(=O)N1)C(N)=O. The summed E-state index contributed by atoms with van der Waals surface area (Å²) in [6.45, 7) is 3.55. The Kier molecular flexibility index (Phi) is 6.13. The number of primary amides is 1. The number of amides is 3. The molecule has 0 unspecified atom stereocenters. The van der Waals surface area contributed by atoms with Gasteiger partial charge in [0.2, 0.25) is 17.7 Å². The Morgan fingerprint density at radius 1 is 1.48 bits per heavy atom. The third-order valence-electron chi connectivity index (χ3n) is 3.28. The van der Waals surface area contributed by atoms with Gasteiger partial charge in [-0.2, -0.15) is 0 Å². The van der Waals surface area contributed by atoms with Crippen LogP contribution in [0.3, 0.4) is 0 Å². The van der Waals surface area contributed by atoms with Gasteiger partial charge in [-0.25, -0.2) is 0 Å². The van der Waals surface area contributed by atoms with Crippen LogP contribution in [0.5, 0.6) is 0 Å². The van der Waals surface area contributed by atoms with E-state index in [1.54, 1.807) is 13.8 Å². The maximum Gasteiger partial charge on any atom is 0.306 e. The first-order chi connectivity index (χ1) is 9.85. The van der Waals surface area contributed by atoms with Crippen LogP contribution in [-0.4, -0.2) is 42.4 Å². The minimum Gasteiger partial charge on any atom is -0.466 e. The lowest BCUT2D eigenvalue weighted by molar-refractivity contribution is -0.145. The molecule has 0 bridgehead atoms. The number of hydrogen-bond acceptors (Lipinski definition) is 5. The Hall–Kier alpha value is -2.12. The summed E-state index contributed by atoms with van der Waals surface area (Å²) in [6.07, 6.45) is 0.624. The van der Waals surface area contributed by atoms with Gasteiger partial charge in [-0.05, 0) is 19.3 Å². The summed E-state index contributed by atoms with van der Waals surface area (Å²) in [5.74, 6) is -2.36. The van der Waals surface area contributed by atoms with Gasteiger partial charge in [-0.15, -0.1) is 0 Å². The lowest BCUT2D eigenvalue weighted by Gasteiger charge is -2.23. The van der Waals surface area contributed by atoms with Gasteiger partial charge in [-0.1, -0.05) is 6.92 Å². The normalized spacial score (nSPS) is 20.3. The smallest absolute Gasteiger partial charge is 0.306 e. The number of esters is 1. The van der Waals surface area contributed by atoms with Gasteiger partial charge < -0.3 is 21.1 Å². The number of rotatable bonds is 7. The molecular weight excluding hydrogens is 278 g/mol. The van der Waals surface area contributed by atoms with Crippen LogP contribution in [-0.2, 0) is 23.9 Å². The second kappa shape index (κ2) is 7.61. The van der Waals surface area contributed by atoms with Gasteiger partial charge in [0, 0.05) is 6.42 Å². The summed E-state index contributed by atoms with van der Waals surface area (Å²) in [4.78, 5) is 45.9. The minimum absolute atomic E-state index is 0.0290. The Morgan fingerprint density at radius 3 is 2.62 bits per heavy atom. The van der Waals surface area contributed by atoms with E-state index in [1.807, 2.05) is 0 Å². The Bertz CT molecular complexity index is 438. The summed E-state index contributed by atoms with van der Waals surface area (Å²) in [5, 5.41) is 4.99. The van der Waals surface area contributed by atoms with Gasteiger partial charge in [0.25, 0.3) is 0 Å². The molecule has 0 aromatic carbocycles. The van der Waals surface area contributed by atoms with Crippen molar-refractivity contribution in [1.29, 1.82) is 0 Å². The number of carbonyl (C=O) groups is 4. The predicted molar refractivity (Wildman–Crippen MR) is 72.7 cm³/mol. The van der Waals surface area contributed by atoms with Crippen molar-refractivity contribution in [1.82, 2.24) is 10.6 Å². The Balaban J connectivity index is 2.60. The molecule has 1 aliphatic rings. The van der Waals surface area contributed by atoms with Crippen molar-refractivity contribution >= 4 is 23.7 Å². The zero-order valence-electron chi connectivity index (χ0n) is 12.2. The molecule has 3 amide bonds. The summed E-state index contributed by atoms with van der Waals surface area (Å²) in [7, 11) is 0. The molecule has 1 rings (SSSR count). The number of hydrogen-bond donors (Lipinski definition) is 3. The molecule has 0 aromatic rings. The van der Waals surface area contributed by atoms with E-state index < -0.39 is 35.8 Å². The summed E-state index contributed by atoms with van der Waals surface area (Å²) in [6, 6.07) is -1.64. The fourth-order valence-corrected chi connectivity index (χ4v) is 2.16. The molecule has 0 spiro atoms. The van der Waals surface area contributed by atoms with Crippen LogP contribution < -0.4 is 16.4 Å². The molecule has 21 heavy (non-hydrogen) atoms. The van der Waals surface area contributed by atoms with E-state index in [0.717, 1.165) is 0 Å². The fraction of sp³-hybridized carbons (Fsp3) is 0.692. The number of carbonyl (C=O) groups excluding carboxylic acids is 4. The number of nitrogens with two attached hydrogens (primary N) is 1. The predicted octanol–water partition coefficient (Wildman–Crippen LogP) is -1.18. The van der Waals surface area contributed by atoms with Gasteiger partial charge >= 0.3 is 5.97 Å². The Labute approximate surface area is 122 Å². The molecule has 8 heteroatoms. The number of nitrogens with one attached hydrogen (secondary N) is 2. The van der Waals surface area contributed by atoms with E-state index in [-0.39, 0.29) is 25.4 Å². The minimum atomic E-state index is -0.987. The molecule has 0 radical (unpaired) electrons. The highest BCUT2D eigenvalue weighted by Gasteiger charge is 2.32. The van der Waals surface area contributed by atoms with E-state index in [2.05, 4.69) is 10.6 Å². The zero-order chi connectivity index (χ0) is 16.0. The van der Waals surface area contributed by atoms with Crippen molar-refractivity contribution in [2.75, 3.05) is 6.61 Å². The van der Waals surface area contributed by atoms with Crippen molar-refractivity contribution < 1.29 is 23.9 Å². The fourth-order valence-electron chi connectivity index (χ4n) is 2.16. The van der Waals surface area contributed by atoms with E-state index in [4.69, 9.17) is 10.5 Å². The first-order valence-electron chi connectivity index (χ1n) is 6.89. The number of ether oxygens (including phenoxy) is 1. The van der Waals surface area contributed by atoms with Crippen molar-refractivity contribution in [2.24, 2.45) is 11.7 Å². The summed E-state index contributed by atoms with van der Waals surface area (Å²) in [5.41, 5.74) is 5.27. The quantitative estimate of drug-likeness (QED) is 0.510. The zero-order valence-corrected chi connectivity index (χ0v) is 12.2. The molecule has 3 atom stereocenters. The maximum absolute atomic E-state index is 12.0. The highest BCUT2D eigenvalue weighted by Crippen LogP contribution is 2.12. The molecule has 0 saturated carbocycles. The van der Waals surface area contributed by atoms with Gasteiger partial charge in [0.1, 0.15) is 12.1 Å². The molecular formula is C13H21N3O5. The lowest BCUT2D eigenvalue weighted by atomic mass is 9.97. The van der Waals surface area contributed by atoms with Crippen molar-refractivity contribution in [3.8, 4) is 0 Å². The standard InChI is InChI=1S/C13H21N3O5/c1-3-21-10(18)6-7(2)11(12(14)19)16-13(20)8-4-5-9(17)15-8/h7-8,11H,3-6H2,1-2H3,(H2,14,19)(H,15,17)(H,16,20)/t7-,8-,11+/m0/s1. The van der Waals surface area contributed by atoms with Crippen molar-refractivity contribution in [3.63, 3.8) is 0 Å². The average Bonchev–Trinajstić information content (AvgIpc) is 2.82. The maximum atomic E-state index is 12.0. The lowest BCUT2D eigenvalue weighted by Crippen LogP contribution is -2.53. The van der Waals surface area contributed by atoms with E-state index in [0.29, 0.717) is 6.42 Å². The first kappa shape index (κ1) is 16.9. The summed E-state index contributed by atoms with van der Waals surface area (Å²) >= 11 is 0. The van der Waals surface area contributed by atoms with Crippen LogP contribution in [0.25, 0.3) is 0 Å².